The number of fused-ring (bicyclic) bond motifs is 1. The van der Waals surface area contributed by atoms with Crippen LogP contribution in [-0.4, -0.2) is 6.54 Å². The van der Waals surface area contributed by atoms with Crippen molar-refractivity contribution < 1.29 is 0 Å². The summed E-state index contributed by atoms with van der Waals surface area (Å²) in [6.07, 6.45) is 2.06. The van der Waals surface area contributed by atoms with Crippen molar-refractivity contribution in [2.45, 2.75) is 12.8 Å². The summed E-state index contributed by atoms with van der Waals surface area (Å²) in [5.41, 5.74) is 8.79. The van der Waals surface area contributed by atoms with Gasteiger partial charge in [-0.1, -0.05) is 52.3 Å². The van der Waals surface area contributed by atoms with Gasteiger partial charge in [-0.15, -0.1) is 11.3 Å². The van der Waals surface area contributed by atoms with Crippen LogP contribution in [0.1, 0.15) is 11.1 Å². The summed E-state index contributed by atoms with van der Waals surface area (Å²) in [6.45, 7) is 0.714. The summed E-state index contributed by atoms with van der Waals surface area (Å²) in [5.74, 6) is 0.474. The second kappa shape index (κ2) is 6.73. The Morgan fingerprint density at radius 2 is 1.67 bits per heavy atom. The molecule has 2 aromatic carbocycles. The molecule has 0 aliphatic rings. The van der Waals surface area contributed by atoms with Crippen LogP contribution in [0.3, 0.4) is 0 Å². The molecule has 3 heteroatoms. The molecule has 3 aromatic rings. The molecular weight excluding hydrogens is 342 g/mol. The highest BCUT2D eigenvalue weighted by Crippen LogP contribution is 2.29. The zero-order valence-electron chi connectivity index (χ0n) is 11.8. The molecule has 0 aliphatic heterocycles. The van der Waals surface area contributed by atoms with Crippen LogP contribution in [0, 0.1) is 5.92 Å². The Hall–Kier alpha value is -1.16. The van der Waals surface area contributed by atoms with Crippen molar-refractivity contribution in [3.63, 3.8) is 0 Å². The number of nitrogens with two attached hydrogens (primary N) is 1. The summed E-state index contributed by atoms with van der Waals surface area (Å²) in [5, 5.41) is 3.67. The van der Waals surface area contributed by atoms with Crippen molar-refractivity contribution in [1.82, 2.24) is 0 Å². The molecule has 0 saturated carbocycles. The fraction of sp³-hybridized carbons (Fsp3) is 0.222. The van der Waals surface area contributed by atoms with E-state index in [0.29, 0.717) is 12.5 Å². The molecule has 0 fully saturated rings. The molecule has 0 spiro atoms. The van der Waals surface area contributed by atoms with E-state index in [9.17, 15) is 0 Å². The van der Waals surface area contributed by atoms with E-state index in [-0.39, 0.29) is 0 Å². The number of rotatable bonds is 5. The molecule has 2 N–H and O–H groups in total. The highest BCUT2D eigenvalue weighted by atomic mass is 79.9. The SMILES string of the molecule is NCC(Cc1ccccc1Br)Cc1csc2ccccc12. The maximum Gasteiger partial charge on any atom is 0.0345 e. The number of halogens is 1. The van der Waals surface area contributed by atoms with Gasteiger partial charge >= 0.3 is 0 Å². The number of thiophene rings is 1. The lowest BCUT2D eigenvalue weighted by Gasteiger charge is -2.15. The van der Waals surface area contributed by atoms with Gasteiger partial charge in [0.15, 0.2) is 0 Å². The Morgan fingerprint density at radius 1 is 0.952 bits per heavy atom. The van der Waals surface area contributed by atoms with Crippen LogP contribution in [0.5, 0.6) is 0 Å². The molecule has 0 radical (unpaired) electrons. The average molecular weight is 360 g/mol. The summed E-state index contributed by atoms with van der Waals surface area (Å²) >= 11 is 5.46. The Morgan fingerprint density at radius 3 is 2.48 bits per heavy atom. The van der Waals surface area contributed by atoms with Crippen LogP contribution < -0.4 is 5.73 Å². The second-order valence-electron chi connectivity index (χ2n) is 5.36. The zero-order valence-corrected chi connectivity index (χ0v) is 14.2. The van der Waals surface area contributed by atoms with E-state index in [1.165, 1.54) is 25.7 Å². The van der Waals surface area contributed by atoms with Gasteiger partial charge in [0.1, 0.15) is 0 Å². The van der Waals surface area contributed by atoms with Crippen LogP contribution >= 0.6 is 27.3 Å². The van der Waals surface area contributed by atoms with Gasteiger partial charge in [0.2, 0.25) is 0 Å². The van der Waals surface area contributed by atoms with Gasteiger partial charge in [0.05, 0.1) is 0 Å². The van der Waals surface area contributed by atoms with Gasteiger partial charge < -0.3 is 5.73 Å². The quantitative estimate of drug-likeness (QED) is 0.679. The van der Waals surface area contributed by atoms with Gasteiger partial charge in [0, 0.05) is 9.17 Å². The lowest BCUT2D eigenvalue weighted by molar-refractivity contribution is 0.535. The van der Waals surface area contributed by atoms with Crippen LogP contribution in [-0.2, 0) is 12.8 Å². The zero-order chi connectivity index (χ0) is 14.7. The number of hydrogen-bond donors (Lipinski definition) is 1. The molecule has 1 heterocycles. The molecular formula is C18H18BrNS. The van der Waals surface area contributed by atoms with Gasteiger partial charge in [-0.25, -0.2) is 0 Å². The summed E-state index contributed by atoms with van der Waals surface area (Å²) < 4.78 is 2.54. The fourth-order valence-corrected chi connectivity index (χ4v) is 4.14. The molecule has 0 amide bonds. The third kappa shape index (κ3) is 3.37. The molecule has 0 aliphatic carbocycles. The standard InChI is InChI=1S/C18H18BrNS/c19-17-7-3-1-5-14(17)9-13(11-20)10-15-12-21-18-8-4-2-6-16(15)18/h1-8,12-13H,9-11,20H2. The summed E-state index contributed by atoms with van der Waals surface area (Å²) in [6, 6.07) is 17.0. The number of hydrogen-bond acceptors (Lipinski definition) is 2. The van der Waals surface area contributed by atoms with Crippen molar-refractivity contribution in [2.24, 2.45) is 11.7 Å². The first kappa shape index (κ1) is 14.8. The van der Waals surface area contributed by atoms with Gasteiger partial charge in [-0.2, -0.15) is 0 Å². The normalized spacial score (nSPS) is 12.7. The molecule has 1 atom stereocenters. The highest BCUT2D eigenvalue weighted by molar-refractivity contribution is 9.10. The second-order valence-corrected chi connectivity index (χ2v) is 7.12. The van der Waals surface area contributed by atoms with Crippen molar-refractivity contribution in [2.75, 3.05) is 6.54 Å². The molecule has 1 nitrogen and oxygen atoms in total. The van der Waals surface area contributed by atoms with Crippen LogP contribution in [0.4, 0.5) is 0 Å². The topological polar surface area (TPSA) is 26.0 Å². The fourth-order valence-electron chi connectivity index (χ4n) is 2.72. The van der Waals surface area contributed by atoms with Crippen molar-refractivity contribution in [3.8, 4) is 0 Å². The van der Waals surface area contributed by atoms with E-state index in [2.05, 4.69) is 69.8 Å². The van der Waals surface area contributed by atoms with E-state index in [0.717, 1.165) is 12.8 Å². The van der Waals surface area contributed by atoms with Crippen LogP contribution in [0.2, 0.25) is 0 Å². The molecule has 0 saturated heterocycles. The smallest absolute Gasteiger partial charge is 0.0345 e. The van der Waals surface area contributed by atoms with E-state index in [4.69, 9.17) is 5.73 Å². The Bertz CT molecular complexity index is 735. The number of benzene rings is 2. The van der Waals surface area contributed by atoms with Crippen molar-refractivity contribution in [1.29, 1.82) is 0 Å². The first-order valence-corrected chi connectivity index (χ1v) is 8.83. The largest absolute Gasteiger partial charge is 0.330 e. The minimum atomic E-state index is 0.474. The molecule has 21 heavy (non-hydrogen) atoms. The molecule has 0 bridgehead atoms. The third-order valence-electron chi connectivity index (χ3n) is 3.87. The van der Waals surface area contributed by atoms with Crippen LogP contribution in [0.25, 0.3) is 10.1 Å². The summed E-state index contributed by atoms with van der Waals surface area (Å²) in [4.78, 5) is 0. The lowest BCUT2D eigenvalue weighted by Crippen LogP contribution is -2.19. The maximum atomic E-state index is 6.02. The van der Waals surface area contributed by atoms with Gasteiger partial charge in [0.25, 0.3) is 0 Å². The van der Waals surface area contributed by atoms with Gasteiger partial charge in [-0.3, -0.25) is 0 Å². The minimum Gasteiger partial charge on any atom is -0.330 e. The first-order valence-electron chi connectivity index (χ1n) is 7.16. The highest BCUT2D eigenvalue weighted by Gasteiger charge is 2.13. The maximum absolute atomic E-state index is 6.02. The predicted octanol–water partition coefficient (Wildman–Crippen LogP) is 5.02. The summed E-state index contributed by atoms with van der Waals surface area (Å²) in [7, 11) is 0. The van der Waals surface area contributed by atoms with E-state index < -0.39 is 0 Å². The Balaban J connectivity index is 1.80. The predicted molar refractivity (Wildman–Crippen MR) is 95.9 cm³/mol. The van der Waals surface area contributed by atoms with Crippen molar-refractivity contribution >= 4 is 37.4 Å². The average Bonchev–Trinajstić information content (AvgIpc) is 2.92. The Labute approximate surface area is 137 Å². The monoisotopic (exact) mass is 359 g/mol. The minimum absolute atomic E-state index is 0.474. The van der Waals surface area contributed by atoms with Gasteiger partial charge in [-0.05, 0) is 59.3 Å². The van der Waals surface area contributed by atoms with Crippen LogP contribution in [0.15, 0.2) is 58.4 Å². The third-order valence-corrected chi connectivity index (χ3v) is 5.66. The van der Waals surface area contributed by atoms with E-state index in [1.807, 2.05) is 11.3 Å². The molecule has 108 valence electrons. The van der Waals surface area contributed by atoms with E-state index >= 15 is 0 Å². The first-order chi connectivity index (χ1) is 10.3. The van der Waals surface area contributed by atoms with Crippen molar-refractivity contribution in [3.05, 3.63) is 69.5 Å². The van der Waals surface area contributed by atoms with E-state index in [1.54, 1.807) is 0 Å². The molecule has 3 rings (SSSR count). The lowest BCUT2D eigenvalue weighted by atomic mass is 9.92. The Kier molecular flexibility index (Phi) is 4.73. The molecule has 1 aromatic heterocycles. The molecule has 1 unspecified atom stereocenters.